The van der Waals surface area contributed by atoms with Gasteiger partial charge >= 0.3 is 5.97 Å². The number of halogens is 1. The van der Waals surface area contributed by atoms with Gasteiger partial charge in [0.1, 0.15) is 29.7 Å². The average molecular weight is 459 g/mol. The first kappa shape index (κ1) is 20.5. The molecule has 2 N–H and O–H groups in total. The standard InChI is InChI=1S/C26H22FN3O4/c1-14-28-20-8-5-16(27)10-23(20)30(14)22-4-2-3-19-21(13-34-26(19)22)29-17-6-7-18-15(9-25(31)32)12-33-24(18)11-17/h2-8,10-11,15,21,29H,9,12-13H2,1H3,(H,31,32)/t15-,21?/m1/s1. The average Bonchev–Trinajstić information content (AvgIpc) is 3.48. The lowest BCUT2D eigenvalue weighted by Crippen LogP contribution is -2.11. The molecule has 34 heavy (non-hydrogen) atoms. The van der Waals surface area contributed by atoms with Gasteiger partial charge in [-0.05, 0) is 31.2 Å². The monoisotopic (exact) mass is 459 g/mol. The number of carbonyl (C=O) groups is 1. The number of para-hydroxylation sites is 1. The third-order valence-corrected chi connectivity index (χ3v) is 6.47. The Bertz CT molecular complexity index is 1450. The number of fused-ring (bicyclic) bond motifs is 3. The van der Waals surface area contributed by atoms with Gasteiger partial charge in [0.15, 0.2) is 0 Å². The number of nitrogens with zero attached hydrogens (tertiary/aromatic N) is 2. The summed E-state index contributed by atoms with van der Waals surface area (Å²) < 4.78 is 27.8. The van der Waals surface area contributed by atoms with Crippen LogP contribution in [-0.4, -0.2) is 33.8 Å². The van der Waals surface area contributed by atoms with E-state index in [1.807, 2.05) is 47.9 Å². The number of hydrogen-bond acceptors (Lipinski definition) is 5. The summed E-state index contributed by atoms with van der Waals surface area (Å²) >= 11 is 0. The Morgan fingerprint density at radius 1 is 1.15 bits per heavy atom. The van der Waals surface area contributed by atoms with Crippen molar-refractivity contribution in [2.24, 2.45) is 0 Å². The van der Waals surface area contributed by atoms with Crippen LogP contribution in [0.3, 0.4) is 0 Å². The number of nitrogens with one attached hydrogen (secondary N) is 1. The molecule has 172 valence electrons. The Morgan fingerprint density at radius 2 is 2.03 bits per heavy atom. The van der Waals surface area contributed by atoms with Crippen molar-refractivity contribution >= 4 is 22.7 Å². The summed E-state index contributed by atoms with van der Waals surface area (Å²) in [5.74, 6) is 0.935. The number of anilines is 1. The summed E-state index contributed by atoms with van der Waals surface area (Å²) in [6, 6.07) is 16.2. The topological polar surface area (TPSA) is 85.6 Å². The second kappa shape index (κ2) is 7.76. The maximum Gasteiger partial charge on any atom is 0.304 e. The van der Waals surface area contributed by atoms with E-state index in [0.29, 0.717) is 24.5 Å². The molecule has 0 amide bonds. The highest BCUT2D eigenvalue weighted by Gasteiger charge is 2.30. The van der Waals surface area contributed by atoms with Crippen molar-refractivity contribution in [2.75, 3.05) is 18.5 Å². The molecule has 0 saturated heterocycles. The van der Waals surface area contributed by atoms with Crippen LogP contribution in [0.25, 0.3) is 16.7 Å². The summed E-state index contributed by atoms with van der Waals surface area (Å²) in [5.41, 5.74) is 5.03. The summed E-state index contributed by atoms with van der Waals surface area (Å²) in [6.07, 6.45) is 0.0542. The first-order valence-electron chi connectivity index (χ1n) is 11.1. The van der Waals surface area contributed by atoms with E-state index >= 15 is 0 Å². The number of aliphatic carboxylic acids is 1. The molecule has 1 unspecified atom stereocenters. The van der Waals surface area contributed by atoms with E-state index in [-0.39, 0.29) is 24.2 Å². The maximum atomic E-state index is 14.0. The number of ether oxygens (including phenoxy) is 2. The van der Waals surface area contributed by atoms with Gasteiger partial charge in [-0.1, -0.05) is 18.2 Å². The molecular formula is C26H22FN3O4. The lowest BCUT2D eigenvalue weighted by Gasteiger charge is -2.15. The molecule has 7 nitrogen and oxygen atoms in total. The number of benzene rings is 3. The Kier molecular flexibility index (Phi) is 4.69. The van der Waals surface area contributed by atoms with Gasteiger partial charge < -0.3 is 19.9 Å². The lowest BCUT2D eigenvalue weighted by molar-refractivity contribution is -0.137. The molecule has 1 aromatic heterocycles. The minimum Gasteiger partial charge on any atom is -0.493 e. The van der Waals surface area contributed by atoms with Crippen LogP contribution >= 0.6 is 0 Å². The fourth-order valence-electron chi connectivity index (χ4n) is 4.95. The van der Waals surface area contributed by atoms with Crippen LogP contribution in [-0.2, 0) is 4.79 Å². The summed E-state index contributed by atoms with van der Waals surface area (Å²) in [7, 11) is 0. The minimum atomic E-state index is -0.831. The van der Waals surface area contributed by atoms with Gasteiger partial charge in [-0.3, -0.25) is 9.36 Å². The number of carboxylic acids is 1. The van der Waals surface area contributed by atoms with Crippen molar-refractivity contribution in [3.8, 4) is 17.2 Å². The van der Waals surface area contributed by atoms with Gasteiger partial charge in [0, 0.05) is 34.9 Å². The Hall–Kier alpha value is -4.07. The van der Waals surface area contributed by atoms with Gasteiger partial charge in [0.2, 0.25) is 0 Å². The summed E-state index contributed by atoms with van der Waals surface area (Å²) in [4.78, 5) is 15.7. The van der Waals surface area contributed by atoms with Crippen molar-refractivity contribution in [1.29, 1.82) is 0 Å². The molecule has 2 atom stereocenters. The van der Waals surface area contributed by atoms with Crippen LogP contribution in [0.15, 0.2) is 54.6 Å². The fourth-order valence-corrected chi connectivity index (χ4v) is 4.95. The van der Waals surface area contributed by atoms with Crippen molar-refractivity contribution < 1.29 is 23.8 Å². The molecule has 8 heteroatoms. The van der Waals surface area contributed by atoms with E-state index < -0.39 is 5.97 Å². The van der Waals surface area contributed by atoms with E-state index in [4.69, 9.17) is 14.6 Å². The zero-order valence-electron chi connectivity index (χ0n) is 18.4. The van der Waals surface area contributed by atoms with Gasteiger partial charge in [0.25, 0.3) is 0 Å². The largest absolute Gasteiger partial charge is 0.493 e. The van der Waals surface area contributed by atoms with E-state index in [2.05, 4.69) is 10.3 Å². The van der Waals surface area contributed by atoms with Crippen molar-refractivity contribution in [1.82, 2.24) is 9.55 Å². The zero-order chi connectivity index (χ0) is 23.4. The van der Waals surface area contributed by atoms with E-state index in [1.165, 1.54) is 12.1 Å². The van der Waals surface area contributed by atoms with Gasteiger partial charge in [-0.15, -0.1) is 0 Å². The number of rotatable bonds is 5. The van der Waals surface area contributed by atoms with Crippen LogP contribution < -0.4 is 14.8 Å². The number of aryl methyl sites for hydroxylation is 1. The SMILES string of the molecule is Cc1nc2ccc(F)cc2n1-c1cccc2c1OCC2Nc1ccc2c(c1)OC[C@H]2CC(=O)O. The van der Waals surface area contributed by atoms with Crippen LogP contribution in [0.4, 0.5) is 10.1 Å². The molecular weight excluding hydrogens is 437 g/mol. The van der Waals surface area contributed by atoms with Crippen LogP contribution in [0.5, 0.6) is 11.5 Å². The molecule has 2 aliphatic rings. The molecule has 0 bridgehead atoms. The smallest absolute Gasteiger partial charge is 0.304 e. The predicted octanol–water partition coefficient (Wildman–Crippen LogP) is 4.97. The van der Waals surface area contributed by atoms with Crippen LogP contribution in [0.1, 0.15) is 35.3 Å². The maximum absolute atomic E-state index is 14.0. The minimum absolute atomic E-state index is 0.0542. The molecule has 2 aliphatic heterocycles. The highest BCUT2D eigenvalue weighted by atomic mass is 19.1. The van der Waals surface area contributed by atoms with Crippen molar-refractivity contribution in [2.45, 2.75) is 25.3 Å². The second-order valence-electron chi connectivity index (χ2n) is 8.69. The summed E-state index contributed by atoms with van der Waals surface area (Å²) in [6.45, 7) is 2.71. The third kappa shape index (κ3) is 3.34. The first-order chi connectivity index (χ1) is 16.5. The van der Waals surface area contributed by atoms with E-state index in [1.54, 1.807) is 6.07 Å². The first-order valence-corrected chi connectivity index (χ1v) is 11.1. The second-order valence-corrected chi connectivity index (χ2v) is 8.69. The number of imidazole rings is 1. The van der Waals surface area contributed by atoms with Crippen molar-refractivity contribution in [3.05, 3.63) is 77.4 Å². The summed E-state index contributed by atoms with van der Waals surface area (Å²) in [5, 5.41) is 12.6. The molecule has 0 saturated carbocycles. The van der Waals surface area contributed by atoms with E-state index in [0.717, 1.165) is 39.6 Å². The third-order valence-electron chi connectivity index (χ3n) is 6.47. The predicted molar refractivity (Wildman–Crippen MR) is 125 cm³/mol. The fraction of sp³-hybridized carbons (Fsp3) is 0.231. The molecule has 0 fully saturated rings. The molecule has 0 spiro atoms. The molecule has 3 heterocycles. The number of hydrogen-bond donors (Lipinski definition) is 2. The number of carboxylic acid groups (broad SMARTS) is 1. The Morgan fingerprint density at radius 3 is 2.88 bits per heavy atom. The lowest BCUT2D eigenvalue weighted by atomic mass is 9.97. The molecule has 0 aliphatic carbocycles. The van der Waals surface area contributed by atoms with Crippen LogP contribution in [0.2, 0.25) is 0 Å². The van der Waals surface area contributed by atoms with Crippen molar-refractivity contribution in [3.63, 3.8) is 0 Å². The van der Waals surface area contributed by atoms with Gasteiger partial charge in [-0.25, -0.2) is 9.37 Å². The van der Waals surface area contributed by atoms with Crippen LogP contribution in [0, 0.1) is 12.7 Å². The number of aromatic nitrogens is 2. The highest BCUT2D eigenvalue weighted by Crippen LogP contribution is 2.42. The molecule has 3 aromatic carbocycles. The molecule has 0 radical (unpaired) electrons. The molecule has 6 rings (SSSR count). The van der Waals surface area contributed by atoms with Gasteiger partial charge in [0.05, 0.1) is 35.8 Å². The highest BCUT2D eigenvalue weighted by molar-refractivity contribution is 5.79. The Labute approximate surface area is 194 Å². The normalized spacial score (nSPS) is 18.3. The van der Waals surface area contributed by atoms with Gasteiger partial charge in [-0.2, -0.15) is 0 Å². The quantitative estimate of drug-likeness (QED) is 0.438. The van der Waals surface area contributed by atoms with E-state index in [9.17, 15) is 9.18 Å². The Balaban J connectivity index is 1.31. The molecule has 4 aromatic rings. The zero-order valence-corrected chi connectivity index (χ0v) is 18.4.